The number of nitrogens with zero attached hydrogens (tertiary/aromatic N) is 2. The summed E-state index contributed by atoms with van der Waals surface area (Å²) in [6.45, 7) is 8.92. The van der Waals surface area contributed by atoms with Gasteiger partial charge in [0.25, 0.3) is 0 Å². The lowest BCUT2D eigenvalue weighted by Crippen LogP contribution is -2.26. The molecule has 0 amide bonds. The van der Waals surface area contributed by atoms with E-state index in [0.717, 1.165) is 18.8 Å². The number of rotatable bonds is 1. The van der Waals surface area contributed by atoms with Crippen LogP contribution < -0.4 is 10.6 Å². The zero-order valence-electron chi connectivity index (χ0n) is 11.4. The summed E-state index contributed by atoms with van der Waals surface area (Å²) in [6.07, 6.45) is 1.19. The number of nitrogens with two attached hydrogens (primary N) is 1. The minimum absolute atomic E-state index is 0.330. The first-order valence-corrected chi connectivity index (χ1v) is 6.47. The minimum atomic E-state index is 0.330. The van der Waals surface area contributed by atoms with Crippen LogP contribution in [0.5, 0.6) is 0 Å². The van der Waals surface area contributed by atoms with Crippen molar-refractivity contribution < 1.29 is 0 Å². The van der Waals surface area contributed by atoms with Crippen molar-refractivity contribution in [2.45, 2.75) is 27.2 Å². The summed E-state index contributed by atoms with van der Waals surface area (Å²) in [4.78, 5) is 2.31. The Morgan fingerprint density at radius 1 is 1.39 bits per heavy atom. The Labute approximate surface area is 109 Å². The molecule has 1 aliphatic rings. The fourth-order valence-corrected chi connectivity index (χ4v) is 2.61. The molecule has 0 spiro atoms. The summed E-state index contributed by atoms with van der Waals surface area (Å²) < 4.78 is 0. The first-order valence-electron chi connectivity index (χ1n) is 6.47. The minimum Gasteiger partial charge on any atom is -0.396 e. The Kier molecular flexibility index (Phi) is 3.21. The zero-order chi connectivity index (χ0) is 13.3. The quantitative estimate of drug-likeness (QED) is 0.771. The van der Waals surface area contributed by atoms with Crippen LogP contribution >= 0.6 is 0 Å². The Morgan fingerprint density at radius 3 is 2.67 bits per heavy atom. The molecule has 0 aliphatic carbocycles. The van der Waals surface area contributed by atoms with E-state index in [2.05, 4.69) is 31.7 Å². The van der Waals surface area contributed by atoms with Crippen LogP contribution in [0.25, 0.3) is 0 Å². The van der Waals surface area contributed by atoms with Gasteiger partial charge in [-0.3, -0.25) is 0 Å². The van der Waals surface area contributed by atoms with Crippen molar-refractivity contribution >= 4 is 11.4 Å². The predicted octanol–water partition coefficient (Wildman–Crippen LogP) is 3.01. The Bertz CT molecular complexity index is 479. The van der Waals surface area contributed by atoms with Crippen LogP contribution in [0.4, 0.5) is 11.4 Å². The Morgan fingerprint density at radius 2 is 2.11 bits per heavy atom. The summed E-state index contributed by atoms with van der Waals surface area (Å²) in [6, 6.07) is 7.85. The molecule has 1 heterocycles. The molecule has 0 saturated carbocycles. The second kappa shape index (κ2) is 4.53. The average Bonchev–Trinajstić information content (AvgIpc) is 2.78. The third kappa shape index (κ3) is 2.28. The summed E-state index contributed by atoms with van der Waals surface area (Å²) in [5.74, 6) is 0.683. The molecule has 2 rings (SSSR count). The van der Waals surface area contributed by atoms with Crippen molar-refractivity contribution in [1.82, 2.24) is 0 Å². The van der Waals surface area contributed by atoms with Crippen molar-refractivity contribution in [3.05, 3.63) is 23.8 Å². The van der Waals surface area contributed by atoms with Crippen LogP contribution in [0.3, 0.4) is 0 Å². The van der Waals surface area contributed by atoms with E-state index >= 15 is 0 Å². The maximum atomic E-state index is 9.02. The van der Waals surface area contributed by atoms with E-state index < -0.39 is 0 Å². The monoisotopic (exact) mass is 243 g/mol. The molecule has 0 radical (unpaired) electrons. The van der Waals surface area contributed by atoms with Gasteiger partial charge in [0, 0.05) is 13.1 Å². The number of nitrogen functional groups attached to an aromatic ring is 1. The van der Waals surface area contributed by atoms with Crippen LogP contribution in [0.1, 0.15) is 32.8 Å². The molecule has 1 saturated heterocycles. The van der Waals surface area contributed by atoms with Gasteiger partial charge >= 0.3 is 0 Å². The van der Waals surface area contributed by atoms with Crippen LogP contribution in [-0.2, 0) is 0 Å². The van der Waals surface area contributed by atoms with Gasteiger partial charge in [-0.15, -0.1) is 0 Å². The highest BCUT2D eigenvalue weighted by Crippen LogP contribution is 2.37. The van der Waals surface area contributed by atoms with Crippen molar-refractivity contribution in [3.8, 4) is 6.07 Å². The number of hydrogen-bond acceptors (Lipinski definition) is 3. The van der Waals surface area contributed by atoms with Crippen LogP contribution in [0.2, 0.25) is 0 Å². The van der Waals surface area contributed by atoms with Gasteiger partial charge in [-0.1, -0.05) is 26.8 Å². The van der Waals surface area contributed by atoms with Gasteiger partial charge in [0.15, 0.2) is 0 Å². The highest BCUT2D eigenvalue weighted by atomic mass is 15.2. The number of nitriles is 1. The molecule has 1 unspecified atom stereocenters. The van der Waals surface area contributed by atoms with Crippen LogP contribution in [0, 0.1) is 22.7 Å². The van der Waals surface area contributed by atoms with Gasteiger partial charge in [-0.2, -0.15) is 5.26 Å². The van der Waals surface area contributed by atoms with Crippen molar-refractivity contribution in [1.29, 1.82) is 5.26 Å². The molecule has 3 heteroatoms. The maximum Gasteiger partial charge on any atom is 0.101 e. The largest absolute Gasteiger partial charge is 0.396 e. The van der Waals surface area contributed by atoms with E-state index in [1.165, 1.54) is 6.42 Å². The second-order valence-electron chi connectivity index (χ2n) is 6.15. The first kappa shape index (κ1) is 12.8. The van der Waals surface area contributed by atoms with Crippen LogP contribution in [-0.4, -0.2) is 13.1 Å². The van der Waals surface area contributed by atoms with E-state index in [1.54, 1.807) is 6.07 Å². The average molecular weight is 243 g/mol. The number of benzene rings is 1. The van der Waals surface area contributed by atoms with Gasteiger partial charge in [-0.05, 0) is 29.9 Å². The lowest BCUT2D eigenvalue weighted by molar-refractivity contribution is 0.263. The van der Waals surface area contributed by atoms with Gasteiger partial charge in [0.05, 0.1) is 16.9 Å². The predicted molar refractivity (Wildman–Crippen MR) is 75.3 cm³/mol. The lowest BCUT2D eigenvalue weighted by Gasteiger charge is -2.28. The van der Waals surface area contributed by atoms with Gasteiger partial charge < -0.3 is 10.6 Å². The fraction of sp³-hybridized carbons (Fsp3) is 0.533. The topological polar surface area (TPSA) is 53.0 Å². The van der Waals surface area contributed by atoms with Crippen LogP contribution in [0.15, 0.2) is 18.2 Å². The van der Waals surface area contributed by atoms with Gasteiger partial charge in [-0.25, -0.2) is 0 Å². The normalized spacial score (nSPS) is 19.9. The number of para-hydroxylation sites is 1. The third-order valence-electron chi connectivity index (χ3n) is 3.96. The molecule has 18 heavy (non-hydrogen) atoms. The highest BCUT2D eigenvalue weighted by molar-refractivity contribution is 5.74. The molecular weight excluding hydrogens is 222 g/mol. The Balaban J connectivity index is 2.23. The van der Waals surface area contributed by atoms with Crippen molar-refractivity contribution in [3.63, 3.8) is 0 Å². The molecular formula is C15H21N3. The first-order chi connectivity index (χ1) is 8.43. The molecule has 0 aromatic heterocycles. The van der Waals surface area contributed by atoms with E-state index in [-0.39, 0.29) is 0 Å². The van der Waals surface area contributed by atoms with E-state index in [4.69, 9.17) is 11.0 Å². The molecule has 3 nitrogen and oxygen atoms in total. The Hall–Kier alpha value is -1.69. The number of hydrogen-bond donors (Lipinski definition) is 1. The standard InChI is InChI=1S/C15H21N3/c1-15(2,3)12-7-8-18(10-12)13-6-4-5-11(9-16)14(13)17/h4-6,12H,7-8,10,17H2,1-3H3. The lowest BCUT2D eigenvalue weighted by atomic mass is 9.80. The third-order valence-corrected chi connectivity index (χ3v) is 3.96. The zero-order valence-corrected chi connectivity index (χ0v) is 11.4. The molecule has 1 fully saturated rings. The van der Waals surface area contributed by atoms with E-state index in [9.17, 15) is 0 Å². The summed E-state index contributed by atoms with van der Waals surface area (Å²) in [5.41, 5.74) is 8.60. The molecule has 1 atom stereocenters. The summed E-state index contributed by atoms with van der Waals surface area (Å²) in [5, 5.41) is 9.02. The van der Waals surface area contributed by atoms with Crippen molar-refractivity contribution in [2.75, 3.05) is 23.7 Å². The smallest absolute Gasteiger partial charge is 0.101 e. The molecule has 96 valence electrons. The van der Waals surface area contributed by atoms with Gasteiger partial charge in [0.2, 0.25) is 0 Å². The SMILES string of the molecule is CC(C)(C)C1CCN(c2cccc(C#N)c2N)C1. The fourth-order valence-electron chi connectivity index (χ4n) is 2.61. The molecule has 1 aromatic carbocycles. The maximum absolute atomic E-state index is 9.02. The van der Waals surface area contributed by atoms with Gasteiger partial charge in [0.1, 0.15) is 6.07 Å². The number of anilines is 2. The molecule has 1 aliphatic heterocycles. The summed E-state index contributed by atoms with van der Waals surface area (Å²) in [7, 11) is 0. The molecule has 0 bridgehead atoms. The van der Waals surface area contributed by atoms with E-state index in [0.29, 0.717) is 22.6 Å². The highest BCUT2D eigenvalue weighted by Gasteiger charge is 2.32. The second-order valence-corrected chi connectivity index (χ2v) is 6.15. The molecule has 1 aromatic rings. The summed E-state index contributed by atoms with van der Waals surface area (Å²) >= 11 is 0. The van der Waals surface area contributed by atoms with Crippen molar-refractivity contribution in [2.24, 2.45) is 11.3 Å². The molecule has 2 N–H and O–H groups in total. The van der Waals surface area contributed by atoms with E-state index in [1.807, 2.05) is 12.1 Å².